The number of hydrogen-bond acceptors (Lipinski definition) is 3. The van der Waals surface area contributed by atoms with Crippen LogP contribution in [0.1, 0.15) is 19.4 Å². The van der Waals surface area contributed by atoms with Crippen LogP contribution in [0.25, 0.3) is 0 Å². The number of hydrogen-bond donors (Lipinski definition) is 1. The Morgan fingerprint density at radius 3 is 2.50 bits per heavy atom. The van der Waals surface area contributed by atoms with Crippen LogP contribution in [0.15, 0.2) is 24.8 Å². The first-order chi connectivity index (χ1) is 7.74. The van der Waals surface area contributed by atoms with E-state index in [1.165, 1.54) is 0 Å². The van der Waals surface area contributed by atoms with Gasteiger partial charge in [-0.2, -0.15) is 0 Å². The second-order valence-electron chi connectivity index (χ2n) is 3.26. The number of aromatic hydroxyl groups is 1. The molecule has 88 valence electrons. The lowest BCUT2D eigenvalue weighted by Gasteiger charge is -2.14. The molecule has 1 aromatic rings. The van der Waals surface area contributed by atoms with Crippen molar-refractivity contribution in [2.75, 3.05) is 13.2 Å². The van der Waals surface area contributed by atoms with Crippen molar-refractivity contribution in [2.24, 2.45) is 0 Å². The molecule has 0 saturated heterocycles. The highest BCUT2D eigenvalue weighted by atomic mass is 16.5. The van der Waals surface area contributed by atoms with Crippen LogP contribution in [0.5, 0.6) is 17.2 Å². The third kappa shape index (κ3) is 2.69. The van der Waals surface area contributed by atoms with Crippen LogP contribution < -0.4 is 9.47 Å². The van der Waals surface area contributed by atoms with E-state index in [0.29, 0.717) is 31.1 Å². The van der Waals surface area contributed by atoms with Gasteiger partial charge >= 0.3 is 0 Å². The summed E-state index contributed by atoms with van der Waals surface area (Å²) in [4.78, 5) is 0. The van der Waals surface area contributed by atoms with E-state index in [4.69, 9.17) is 9.47 Å². The van der Waals surface area contributed by atoms with Crippen LogP contribution in [0, 0.1) is 0 Å². The van der Waals surface area contributed by atoms with Crippen LogP contribution in [0.2, 0.25) is 0 Å². The summed E-state index contributed by atoms with van der Waals surface area (Å²) >= 11 is 0. The third-order valence-electron chi connectivity index (χ3n) is 2.13. The topological polar surface area (TPSA) is 38.7 Å². The first-order valence-corrected chi connectivity index (χ1v) is 5.45. The summed E-state index contributed by atoms with van der Waals surface area (Å²) in [5.41, 5.74) is 0.915. The Morgan fingerprint density at radius 2 is 1.94 bits per heavy atom. The van der Waals surface area contributed by atoms with Gasteiger partial charge in [0, 0.05) is 5.56 Å². The smallest absolute Gasteiger partial charge is 0.201 e. The quantitative estimate of drug-likeness (QED) is 0.752. The minimum absolute atomic E-state index is 0.0723. The molecule has 0 unspecified atom stereocenters. The zero-order valence-corrected chi connectivity index (χ0v) is 9.82. The molecule has 0 radical (unpaired) electrons. The van der Waals surface area contributed by atoms with E-state index in [1.807, 2.05) is 19.9 Å². The molecule has 3 nitrogen and oxygen atoms in total. The maximum Gasteiger partial charge on any atom is 0.201 e. The second kappa shape index (κ2) is 6.05. The number of phenols is 1. The van der Waals surface area contributed by atoms with Gasteiger partial charge in [0.05, 0.1) is 13.2 Å². The molecule has 3 heteroatoms. The molecule has 0 spiro atoms. The average molecular weight is 222 g/mol. The number of phenolic OH excluding ortho intramolecular Hbond substituents is 1. The molecule has 0 aliphatic rings. The van der Waals surface area contributed by atoms with Crippen molar-refractivity contribution in [1.82, 2.24) is 0 Å². The second-order valence-corrected chi connectivity index (χ2v) is 3.26. The number of ether oxygens (including phenoxy) is 2. The number of allylic oxidation sites excluding steroid dienone is 1. The molecule has 0 amide bonds. The summed E-state index contributed by atoms with van der Waals surface area (Å²) in [6.45, 7) is 8.45. The van der Waals surface area contributed by atoms with Gasteiger partial charge in [-0.05, 0) is 26.3 Å². The van der Waals surface area contributed by atoms with Gasteiger partial charge in [0.25, 0.3) is 0 Å². The highest BCUT2D eigenvalue weighted by molar-refractivity contribution is 5.55. The summed E-state index contributed by atoms with van der Waals surface area (Å²) in [6, 6.07) is 3.64. The lowest BCUT2D eigenvalue weighted by molar-refractivity contribution is 0.288. The summed E-state index contributed by atoms with van der Waals surface area (Å²) in [6.07, 6.45) is 2.44. The van der Waals surface area contributed by atoms with E-state index >= 15 is 0 Å². The van der Waals surface area contributed by atoms with Crippen molar-refractivity contribution >= 4 is 0 Å². The van der Waals surface area contributed by atoms with Gasteiger partial charge in [0.15, 0.2) is 11.5 Å². The molecule has 0 saturated carbocycles. The van der Waals surface area contributed by atoms with Crippen molar-refractivity contribution in [2.45, 2.75) is 20.3 Å². The molecule has 0 aliphatic carbocycles. The summed E-state index contributed by atoms with van der Waals surface area (Å²) in [7, 11) is 0. The van der Waals surface area contributed by atoms with E-state index in [9.17, 15) is 5.11 Å². The van der Waals surface area contributed by atoms with E-state index in [1.54, 1.807) is 12.1 Å². The molecule has 0 fully saturated rings. The maximum atomic E-state index is 9.97. The van der Waals surface area contributed by atoms with Crippen molar-refractivity contribution in [3.05, 3.63) is 30.4 Å². The van der Waals surface area contributed by atoms with Gasteiger partial charge < -0.3 is 14.6 Å². The van der Waals surface area contributed by atoms with Crippen LogP contribution in [0.3, 0.4) is 0 Å². The van der Waals surface area contributed by atoms with Gasteiger partial charge in [-0.1, -0.05) is 12.1 Å². The van der Waals surface area contributed by atoms with Gasteiger partial charge in [-0.3, -0.25) is 0 Å². The molecule has 0 bridgehead atoms. The zero-order valence-electron chi connectivity index (χ0n) is 9.82. The van der Waals surface area contributed by atoms with Crippen LogP contribution >= 0.6 is 0 Å². The SMILES string of the molecule is C=CCc1ccc(OCC)c(O)c1OCC. The molecule has 1 rings (SSSR count). The van der Waals surface area contributed by atoms with Gasteiger partial charge in [-0.15, -0.1) is 6.58 Å². The largest absolute Gasteiger partial charge is 0.502 e. The molecule has 1 N–H and O–H groups in total. The van der Waals surface area contributed by atoms with Crippen LogP contribution in [-0.4, -0.2) is 18.3 Å². The minimum atomic E-state index is 0.0723. The van der Waals surface area contributed by atoms with Crippen molar-refractivity contribution in [3.8, 4) is 17.2 Å². The Labute approximate surface area is 96.3 Å². The fraction of sp³-hybridized carbons (Fsp3) is 0.385. The highest BCUT2D eigenvalue weighted by Crippen LogP contribution is 2.39. The summed E-state index contributed by atoms with van der Waals surface area (Å²) in [5.74, 6) is 1.02. The lowest BCUT2D eigenvalue weighted by Crippen LogP contribution is -1.99. The normalized spacial score (nSPS) is 9.88. The fourth-order valence-corrected chi connectivity index (χ4v) is 1.49. The van der Waals surface area contributed by atoms with E-state index < -0.39 is 0 Å². The predicted octanol–water partition coefficient (Wildman–Crippen LogP) is 2.92. The third-order valence-corrected chi connectivity index (χ3v) is 2.13. The van der Waals surface area contributed by atoms with E-state index in [-0.39, 0.29) is 5.75 Å². The van der Waals surface area contributed by atoms with Crippen LogP contribution in [0.4, 0.5) is 0 Å². The molecule has 1 aromatic carbocycles. The highest BCUT2D eigenvalue weighted by Gasteiger charge is 2.13. The summed E-state index contributed by atoms with van der Waals surface area (Å²) < 4.78 is 10.7. The Kier molecular flexibility index (Phi) is 4.70. The van der Waals surface area contributed by atoms with Crippen molar-refractivity contribution in [3.63, 3.8) is 0 Å². The molecular weight excluding hydrogens is 204 g/mol. The first-order valence-electron chi connectivity index (χ1n) is 5.45. The Bertz CT molecular complexity index is 358. The number of benzene rings is 1. The zero-order chi connectivity index (χ0) is 12.0. The standard InChI is InChI=1S/C13H18O3/c1-4-7-10-8-9-11(15-5-2)12(14)13(10)16-6-3/h4,8-9,14H,1,5-7H2,2-3H3. The molecule has 0 aromatic heterocycles. The van der Waals surface area contributed by atoms with E-state index in [0.717, 1.165) is 5.56 Å². The molecular formula is C13H18O3. The summed E-state index contributed by atoms with van der Waals surface area (Å²) in [5, 5.41) is 9.97. The van der Waals surface area contributed by atoms with Crippen molar-refractivity contribution in [1.29, 1.82) is 0 Å². The van der Waals surface area contributed by atoms with Crippen molar-refractivity contribution < 1.29 is 14.6 Å². The molecule has 16 heavy (non-hydrogen) atoms. The van der Waals surface area contributed by atoms with Gasteiger partial charge in [0.1, 0.15) is 0 Å². The van der Waals surface area contributed by atoms with Gasteiger partial charge in [-0.25, -0.2) is 0 Å². The fourth-order valence-electron chi connectivity index (χ4n) is 1.49. The van der Waals surface area contributed by atoms with E-state index in [2.05, 4.69) is 6.58 Å². The number of rotatable bonds is 6. The Balaban J connectivity index is 3.12. The minimum Gasteiger partial charge on any atom is -0.502 e. The maximum absolute atomic E-state index is 9.97. The Morgan fingerprint density at radius 1 is 1.25 bits per heavy atom. The average Bonchev–Trinajstić information content (AvgIpc) is 2.28. The predicted molar refractivity (Wildman–Crippen MR) is 64.3 cm³/mol. The lowest BCUT2D eigenvalue weighted by atomic mass is 10.1. The van der Waals surface area contributed by atoms with Crippen LogP contribution in [-0.2, 0) is 6.42 Å². The molecule has 0 heterocycles. The first kappa shape index (κ1) is 12.4. The molecule has 0 aliphatic heterocycles. The van der Waals surface area contributed by atoms with Gasteiger partial charge in [0.2, 0.25) is 5.75 Å². The monoisotopic (exact) mass is 222 g/mol. The Hall–Kier alpha value is -1.64. The molecule has 0 atom stereocenters.